The van der Waals surface area contributed by atoms with E-state index in [4.69, 9.17) is 16.9 Å². The molecule has 0 aliphatic heterocycles. The second-order valence-electron chi connectivity index (χ2n) is 8.56. The van der Waals surface area contributed by atoms with E-state index in [0.717, 1.165) is 0 Å². The van der Waals surface area contributed by atoms with Gasteiger partial charge in [0.15, 0.2) is 0 Å². The first kappa shape index (κ1) is 21.4. The van der Waals surface area contributed by atoms with Crippen LogP contribution in [-0.4, -0.2) is 26.3 Å². The number of carbonyl (C=O) groups excluding carboxylic acids is 1. The molecule has 8 nitrogen and oxygen atoms in total. The summed E-state index contributed by atoms with van der Waals surface area (Å²) in [4.78, 5) is 21.4. The van der Waals surface area contributed by atoms with Crippen molar-refractivity contribution in [1.29, 1.82) is 5.41 Å². The third kappa shape index (κ3) is 3.58. The molecule has 2 aromatic rings. The smallest absolute Gasteiger partial charge is 0.259 e. The average Bonchev–Trinajstić information content (AvgIpc) is 2.95. The van der Waals surface area contributed by atoms with E-state index in [1.165, 1.54) is 12.4 Å². The molecule has 0 aromatic carbocycles. The summed E-state index contributed by atoms with van der Waals surface area (Å²) in [6, 6.07) is 0. The van der Waals surface area contributed by atoms with Crippen LogP contribution in [0.15, 0.2) is 24.3 Å². The number of nitrogens with zero attached hydrogens (tertiary/aromatic N) is 3. The number of nitrogen functional groups attached to an aromatic ring is 1. The van der Waals surface area contributed by atoms with Gasteiger partial charge >= 0.3 is 0 Å². The number of aromatic nitrogens is 3. The highest BCUT2D eigenvalue weighted by molar-refractivity contribution is 6.16. The second kappa shape index (κ2) is 7.26. The molecule has 0 fully saturated rings. The highest BCUT2D eigenvalue weighted by atomic mass is 16.1. The van der Waals surface area contributed by atoms with Gasteiger partial charge in [0.25, 0.3) is 5.91 Å². The molecule has 2 aromatic heterocycles. The average molecular weight is 386 g/mol. The van der Waals surface area contributed by atoms with Gasteiger partial charge in [-0.05, 0) is 38.2 Å². The van der Waals surface area contributed by atoms with E-state index in [0.29, 0.717) is 28.2 Å². The minimum absolute atomic E-state index is 0.0944. The highest BCUT2D eigenvalue weighted by Crippen LogP contribution is 2.45. The van der Waals surface area contributed by atoms with Crippen molar-refractivity contribution in [2.24, 2.45) is 17.1 Å². The fraction of sp³-hybridized carbons (Fsp3) is 0.500. The Kier molecular flexibility index (Phi) is 5.55. The molecule has 0 aliphatic rings. The monoisotopic (exact) mass is 385 g/mol. The first-order chi connectivity index (χ1) is 12.8. The predicted molar refractivity (Wildman–Crippen MR) is 113 cm³/mol. The minimum Gasteiger partial charge on any atom is -0.402 e. The molecule has 0 saturated carbocycles. The number of fused-ring (bicyclic) bond motifs is 1. The van der Waals surface area contributed by atoms with Crippen molar-refractivity contribution in [2.75, 3.05) is 5.73 Å². The van der Waals surface area contributed by atoms with E-state index < -0.39 is 5.91 Å². The van der Waals surface area contributed by atoms with Crippen LogP contribution in [0, 0.1) is 16.7 Å². The Labute approximate surface area is 165 Å². The van der Waals surface area contributed by atoms with Crippen molar-refractivity contribution in [2.45, 2.75) is 54.0 Å². The van der Waals surface area contributed by atoms with Crippen LogP contribution in [0.1, 0.15) is 58.8 Å². The molecule has 28 heavy (non-hydrogen) atoms. The molecule has 2 rings (SSSR count). The zero-order chi connectivity index (χ0) is 21.4. The molecular weight excluding hydrogens is 354 g/mol. The van der Waals surface area contributed by atoms with Gasteiger partial charge in [-0.2, -0.15) is 0 Å². The van der Waals surface area contributed by atoms with Crippen LogP contribution < -0.4 is 16.8 Å². The molecule has 0 spiro atoms. The van der Waals surface area contributed by atoms with E-state index >= 15 is 0 Å². The van der Waals surface area contributed by atoms with Crippen LogP contribution in [0.5, 0.6) is 0 Å². The number of hydrogen-bond donors (Lipinski definition) is 4. The molecule has 1 amide bonds. The lowest BCUT2D eigenvalue weighted by Crippen LogP contribution is -2.45. The highest BCUT2D eigenvalue weighted by Gasteiger charge is 2.42. The SMILES string of the molecule is C/C(N)=C/C(=N)NC(=O)c1cn(C(C)(C)C(C)(C)C(C)C)c2ncnc(N)c12. The van der Waals surface area contributed by atoms with Crippen molar-refractivity contribution in [1.82, 2.24) is 19.9 Å². The Morgan fingerprint density at radius 3 is 2.43 bits per heavy atom. The Bertz CT molecular complexity index is 947. The number of amidine groups is 1. The lowest BCUT2D eigenvalue weighted by atomic mass is 9.67. The van der Waals surface area contributed by atoms with Crippen molar-refractivity contribution in [3.05, 3.63) is 29.9 Å². The molecule has 6 N–H and O–H groups in total. The zero-order valence-corrected chi connectivity index (χ0v) is 17.7. The van der Waals surface area contributed by atoms with Crippen LogP contribution in [0.2, 0.25) is 0 Å². The van der Waals surface area contributed by atoms with Gasteiger partial charge < -0.3 is 21.4 Å². The summed E-state index contributed by atoms with van der Waals surface area (Å²) >= 11 is 0. The quantitative estimate of drug-likeness (QED) is 0.463. The number of rotatable bonds is 5. The predicted octanol–water partition coefficient (Wildman–Crippen LogP) is 3.00. The summed E-state index contributed by atoms with van der Waals surface area (Å²) in [6.07, 6.45) is 4.53. The number of nitrogens with one attached hydrogen (secondary N) is 2. The largest absolute Gasteiger partial charge is 0.402 e. The number of amides is 1. The lowest BCUT2D eigenvalue weighted by Gasteiger charge is -2.46. The summed E-state index contributed by atoms with van der Waals surface area (Å²) in [5, 5.41) is 10.9. The first-order valence-electron chi connectivity index (χ1n) is 9.26. The van der Waals surface area contributed by atoms with Gasteiger partial charge in [0.05, 0.1) is 10.9 Å². The van der Waals surface area contributed by atoms with Crippen LogP contribution in [-0.2, 0) is 5.54 Å². The second-order valence-corrected chi connectivity index (χ2v) is 8.56. The maximum Gasteiger partial charge on any atom is 0.259 e. The van der Waals surface area contributed by atoms with E-state index in [2.05, 4.69) is 56.8 Å². The number of allylic oxidation sites excluding steroid dienone is 1. The van der Waals surface area contributed by atoms with E-state index in [-0.39, 0.29) is 22.6 Å². The lowest BCUT2D eigenvalue weighted by molar-refractivity contribution is 0.0685. The molecule has 0 atom stereocenters. The van der Waals surface area contributed by atoms with E-state index in [9.17, 15) is 4.79 Å². The standard InChI is InChI=1S/C20H31N7O/c1-11(2)19(4,5)20(6,7)27-9-13(15-16(23)24-10-25-17(15)27)18(28)26-14(22)8-12(3)21/h8-11H,21H2,1-7H3,(H2,22,26,28)(H2,23,24,25)/b12-8-. The number of carbonyl (C=O) groups is 1. The minimum atomic E-state index is -0.453. The molecule has 0 radical (unpaired) electrons. The van der Waals surface area contributed by atoms with Gasteiger partial charge in [0, 0.05) is 17.4 Å². The third-order valence-corrected chi connectivity index (χ3v) is 6.10. The van der Waals surface area contributed by atoms with Crippen molar-refractivity contribution in [3.63, 3.8) is 0 Å². The Hall–Kier alpha value is -2.90. The van der Waals surface area contributed by atoms with Crippen LogP contribution in [0.25, 0.3) is 11.0 Å². The number of anilines is 1. The fourth-order valence-corrected chi connectivity index (χ4v) is 3.15. The summed E-state index contributed by atoms with van der Waals surface area (Å²) in [6.45, 7) is 14.6. The fourth-order valence-electron chi connectivity index (χ4n) is 3.15. The molecule has 0 aliphatic carbocycles. The molecule has 8 heteroatoms. The third-order valence-electron chi connectivity index (χ3n) is 6.10. The van der Waals surface area contributed by atoms with Crippen molar-refractivity contribution in [3.8, 4) is 0 Å². The molecule has 0 unspecified atom stereocenters. The molecule has 2 heterocycles. The van der Waals surface area contributed by atoms with E-state index in [1.807, 2.05) is 4.57 Å². The maximum absolute atomic E-state index is 12.9. The Morgan fingerprint density at radius 2 is 1.89 bits per heavy atom. The van der Waals surface area contributed by atoms with Crippen molar-refractivity contribution >= 4 is 28.6 Å². The maximum atomic E-state index is 12.9. The van der Waals surface area contributed by atoms with Crippen LogP contribution in [0.3, 0.4) is 0 Å². The van der Waals surface area contributed by atoms with Gasteiger partial charge in [-0.1, -0.05) is 27.7 Å². The summed E-state index contributed by atoms with van der Waals surface area (Å²) in [5.74, 6) is 0.0559. The van der Waals surface area contributed by atoms with Gasteiger partial charge in [-0.15, -0.1) is 0 Å². The molecule has 0 saturated heterocycles. The summed E-state index contributed by atoms with van der Waals surface area (Å²) in [7, 11) is 0. The Balaban J connectivity index is 2.67. The van der Waals surface area contributed by atoms with Gasteiger partial charge in [-0.25, -0.2) is 9.97 Å². The van der Waals surface area contributed by atoms with Gasteiger partial charge in [-0.3, -0.25) is 10.2 Å². The summed E-state index contributed by atoms with van der Waals surface area (Å²) in [5.41, 5.74) is 12.5. The topological polar surface area (TPSA) is 136 Å². The number of nitrogens with two attached hydrogens (primary N) is 2. The van der Waals surface area contributed by atoms with Gasteiger partial charge in [0.1, 0.15) is 23.6 Å². The normalized spacial score (nSPS) is 13.2. The van der Waals surface area contributed by atoms with E-state index in [1.54, 1.807) is 13.1 Å². The molecule has 0 bridgehead atoms. The van der Waals surface area contributed by atoms with Crippen LogP contribution >= 0.6 is 0 Å². The summed E-state index contributed by atoms with van der Waals surface area (Å²) < 4.78 is 1.99. The molecular formula is C20H31N7O. The Morgan fingerprint density at radius 1 is 1.29 bits per heavy atom. The van der Waals surface area contributed by atoms with Crippen molar-refractivity contribution < 1.29 is 4.79 Å². The zero-order valence-electron chi connectivity index (χ0n) is 17.7. The molecule has 152 valence electrons. The first-order valence-corrected chi connectivity index (χ1v) is 9.26. The van der Waals surface area contributed by atoms with Crippen LogP contribution in [0.4, 0.5) is 5.82 Å². The van der Waals surface area contributed by atoms with Gasteiger partial charge in [0.2, 0.25) is 0 Å². The number of hydrogen-bond acceptors (Lipinski definition) is 6.